The SMILES string of the molecule is Cc1ccc(S(C)(=O)=O)cc1C(=O)Nc1cc(C(F)(F)F)ccc1N1CCOCC1. The molecule has 10 heteroatoms. The van der Waals surface area contributed by atoms with Gasteiger partial charge in [-0.05, 0) is 42.8 Å². The number of benzene rings is 2. The van der Waals surface area contributed by atoms with Crippen molar-refractivity contribution in [2.45, 2.75) is 18.0 Å². The quantitative estimate of drug-likeness (QED) is 0.785. The molecule has 2 aromatic rings. The predicted molar refractivity (Wildman–Crippen MR) is 107 cm³/mol. The van der Waals surface area contributed by atoms with E-state index in [0.29, 0.717) is 37.6 Å². The number of morpholine rings is 1. The van der Waals surface area contributed by atoms with Gasteiger partial charge in [0.05, 0.1) is 35.0 Å². The molecule has 0 atom stereocenters. The van der Waals surface area contributed by atoms with Gasteiger partial charge in [-0.3, -0.25) is 4.79 Å². The molecule has 0 spiro atoms. The van der Waals surface area contributed by atoms with Crippen LogP contribution in [0.25, 0.3) is 0 Å². The number of carbonyl (C=O) groups excluding carboxylic acids is 1. The number of hydrogen-bond acceptors (Lipinski definition) is 5. The molecule has 0 bridgehead atoms. The third-order valence-corrected chi connectivity index (χ3v) is 5.92. The maximum atomic E-state index is 13.2. The molecule has 1 amide bonds. The van der Waals surface area contributed by atoms with Gasteiger partial charge in [-0.15, -0.1) is 0 Å². The second kappa shape index (κ2) is 8.27. The van der Waals surface area contributed by atoms with E-state index in [1.54, 1.807) is 6.92 Å². The highest BCUT2D eigenvalue weighted by Crippen LogP contribution is 2.36. The number of halogens is 3. The predicted octanol–water partition coefficient (Wildman–Crippen LogP) is 3.51. The molecule has 6 nitrogen and oxygen atoms in total. The third kappa shape index (κ3) is 4.93. The Morgan fingerprint density at radius 1 is 1.10 bits per heavy atom. The molecule has 1 fully saturated rings. The molecule has 2 aromatic carbocycles. The number of rotatable bonds is 4. The van der Waals surface area contributed by atoms with Crippen molar-refractivity contribution < 1.29 is 31.1 Å². The van der Waals surface area contributed by atoms with Crippen molar-refractivity contribution in [3.8, 4) is 0 Å². The van der Waals surface area contributed by atoms with Gasteiger partial charge in [-0.2, -0.15) is 13.2 Å². The number of anilines is 2. The van der Waals surface area contributed by atoms with Gasteiger partial charge in [0, 0.05) is 24.9 Å². The number of hydrogen-bond donors (Lipinski definition) is 1. The van der Waals surface area contributed by atoms with Crippen molar-refractivity contribution in [1.29, 1.82) is 0 Å². The highest BCUT2D eigenvalue weighted by atomic mass is 32.2. The zero-order valence-corrected chi connectivity index (χ0v) is 17.2. The zero-order valence-electron chi connectivity index (χ0n) is 16.4. The normalized spacial score (nSPS) is 15.2. The van der Waals surface area contributed by atoms with E-state index in [2.05, 4.69) is 5.32 Å². The Morgan fingerprint density at radius 3 is 2.37 bits per heavy atom. The van der Waals surface area contributed by atoms with Gasteiger partial charge in [-0.25, -0.2) is 8.42 Å². The summed E-state index contributed by atoms with van der Waals surface area (Å²) in [7, 11) is -3.55. The van der Waals surface area contributed by atoms with Crippen LogP contribution in [0.5, 0.6) is 0 Å². The van der Waals surface area contributed by atoms with E-state index in [9.17, 15) is 26.4 Å². The Bertz CT molecular complexity index is 1060. The molecule has 1 heterocycles. The minimum absolute atomic E-state index is 0.000818. The summed E-state index contributed by atoms with van der Waals surface area (Å²) in [5, 5.41) is 2.54. The van der Waals surface area contributed by atoms with E-state index in [0.717, 1.165) is 18.4 Å². The Balaban J connectivity index is 2.01. The first-order chi connectivity index (χ1) is 14.0. The number of carbonyl (C=O) groups is 1. The molecule has 0 saturated carbocycles. The Hall–Kier alpha value is -2.59. The van der Waals surface area contributed by atoms with Crippen LogP contribution in [0.2, 0.25) is 0 Å². The largest absolute Gasteiger partial charge is 0.416 e. The topological polar surface area (TPSA) is 75.7 Å². The first-order valence-corrected chi connectivity index (χ1v) is 11.0. The van der Waals surface area contributed by atoms with Crippen molar-refractivity contribution in [3.63, 3.8) is 0 Å². The van der Waals surface area contributed by atoms with Crippen LogP contribution in [0.15, 0.2) is 41.3 Å². The summed E-state index contributed by atoms with van der Waals surface area (Å²) >= 11 is 0. The summed E-state index contributed by atoms with van der Waals surface area (Å²) in [5.41, 5.74) is 0.122. The summed E-state index contributed by atoms with van der Waals surface area (Å²) < 4.78 is 68.6. The fraction of sp³-hybridized carbons (Fsp3) is 0.350. The summed E-state index contributed by atoms with van der Waals surface area (Å²) in [4.78, 5) is 14.7. The third-order valence-electron chi connectivity index (χ3n) is 4.81. The first kappa shape index (κ1) is 22.1. The zero-order chi connectivity index (χ0) is 22.1. The number of aryl methyl sites for hydroxylation is 1. The van der Waals surface area contributed by atoms with Gasteiger partial charge in [-0.1, -0.05) is 6.07 Å². The van der Waals surface area contributed by atoms with E-state index >= 15 is 0 Å². The fourth-order valence-electron chi connectivity index (χ4n) is 3.16. The molecular formula is C20H21F3N2O4S. The minimum atomic E-state index is -4.57. The lowest BCUT2D eigenvalue weighted by Gasteiger charge is -2.31. The molecule has 30 heavy (non-hydrogen) atoms. The molecule has 0 aliphatic carbocycles. The van der Waals surface area contributed by atoms with E-state index in [1.165, 1.54) is 24.3 Å². The highest BCUT2D eigenvalue weighted by molar-refractivity contribution is 7.90. The number of nitrogens with zero attached hydrogens (tertiary/aromatic N) is 1. The Morgan fingerprint density at radius 2 is 1.77 bits per heavy atom. The van der Waals surface area contributed by atoms with Crippen LogP contribution >= 0.6 is 0 Å². The molecule has 0 unspecified atom stereocenters. The van der Waals surface area contributed by atoms with E-state index in [1.807, 2.05) is 4.90 Å². The molecule has 1 aliphatic rings. The molecule has 3 rings (SSSR count). The summed E-state index contributed by atoms with van der Waals surface area (Å²) in [6.07, 6.45) is -3.56. The lowest BCUT2D eigenvalue weighted by Crippen LogP contribution is -2.37. The molecule has 0 aromatic heterocycles. The molecule has 1 N–H and O–H groups in total. The Kier molecular flexibility index (Phi) is 6.09. The average molecular weight is 442 g/mol. The summed E-state index contributed by atoms with van der Waals surface area (Å²) in [5.74, 6) is -0.688. The van der Waals surface area contributed by atoms with Crippen LogP contribution in [-0.2, 0) is 20.8 Å². The maximum Gasteiger partial charge on any atom is 0.416 e. The van der Waals surface area contributed by atoms with Crippen molar-refractivity contribution in [2.75, 3.05) is 42.8 Å². The lowest BCUT2D eigenvalue weighted by atomic mass is 10.1. The number of amides is 1. The van der Waals surface area contributed by atoms with Gasteiger partial charge in [0.15, 0.2) is 9.84 Å². The van der Waals surface area contributed by atoms with Gasteiger partial charge in [0.25, 0.3) is 5.91 Å². The number of nitrogens with one attached hydrogen (secondary N) is 1. The van der Waals surface area contributed by atoms with Crippen LogP contribution in [0.4, 0.5) is 24.5 Å². The van der Waals surface area contributed by atoms with Crippen LogP contribution in [0.1, 0.15) is 21.5 Å². The van der Waals surface area contributed by atoms with Crippen LogP contribution in [0.3, 0.4) is 0 Å². The van der Waals surface area contributed by atoms with Crippen molar-refractivity contribution >= 4 is 27.1 Å². The monoisotopic (exact) mass is 442 g/mol. The second-order valence-corrected chi connectivity index (χ2v) is 9.05. The van der Waals surface area contributed by atoms with E-state index in [-0.39, 0.29) is 16.1 Å². The molecular weight excluding hydrogens is 421 g/mol. The van der Waals surface area contributed by atoms with Crippen molar-refractivity contribution in [3.05, 3.63) is 53.1 Å². The van der Waals surface area contributed by atoms with Gasteiger partial charge in [0.1, 0.15) is 0 Å². The Labute approximate surface area is 172 Å². The van der Waals surface area contributed by atoms with Gasteiger partial charge in [0.2, 0.25) is 0 Å². The second-order valence-electron chi connectivity index (χ2n) is 7.03. The number of sulfone groups is 1. The molecule has 1 aliphatic heterocycles. The minimum Gasteiger partial charge on any atom is -0.378 e. The van der Waals surface area contributed by atoms with Gasteiger partial charge >= 0.3 is 6.18 Å². The smallest absolute Gasteiger partial charge is 0.378 e. The molecule has 0 radical (unpaired) electrons. The van der Waals surface area contributed by atoms with Crippen LogP contribution in [-0.4, -0.2) is 46.9 Å². The standard InChI is InChI=1S/C20H21F3N2O4S/c1-13-3-5-15(30(2,27)28)12-16(13)19(26)24-17-11-14(20(21,22)23)4-6-18(17)25-7-9-29-10-8-25/h3-6,11-12H,7-10H2,1-2H3,(H,24,26). The van der Waals surface area contributed by atoms with E-state index in [4.69, 9.17) is 4.74 Å². The first-order valence-electron chi connectivity index (χ1n) is 9.13. The maximum absolute atomic E-state index is 13.2. The fourth-order valence-corrected chi connectivity index (χ4v) is 3.81. The lowest BCUT2D eigenvalue weighted by molar-refractivity contribution is -0.137. The average Bonchev–Trinajstić information content (AvgIpc) is 2.67. The summed E-state index contributed by atoms with van der Waals surface area (Å²) in [6, 6.07) is 7.27. The van der Waals surface area contributed by atoms with Gasteiger partial charge < -0.3 is 15.0 Å². The van der Waals surface area contributed by atoms with Crippen LogP contribution < -0.4 is 10.2 Å². The highest BCUT2D eigenvalue weighted by Gasteiger charge is 2.32. The summed E-state index contributed by atoms with van der Waals surface area (Å²) in [6.45, 7) is 3.40. The number of ether oxygens (including phenoxy) is 1. The van der Waals surface area contributed by atoms with Crippen LogP contribution in [0, 0.1) is 6.92 Å². The molecule has 162 valence electrons. The van der Waals surface area contributed by atoms with E-state index < -0.39 is 27.5 Å². The van der Waals surface area contributed by atoms with Crippen molar-refractivity contribution in [2.24, 2.45) is 0 Å². The number of alkyl halides is 3. The van der Waals surface area contributed by atoms with Crippen molar-refractivity contribution in [1.82, 2.24) is 0 Å². The molecule has 1 saturated heterocycles.